The molecule has 2 nitrogen and oxygen atoms in total. The van der Waals surface area contributed by atoms with E-state index in [2.05, 4.69) is 13.8 Å². The minimum Gasteiger partial charge on any atom is -0.393 e. The fourth-order valence-corrected chi connectivity index (χ4v) is 8.07. The highest BCUT2D eigenvalue weighted by atomic mass is 19.1. The van der Waals surface area contributed by atoms with Crippen LogP contribution in [0.3, 0.4) is 0 Å². The molecule has 138 valence electrons. The van der Waals surface area contributed by atoms with E-state index in [0.717, 1.165) is 12.8 Å². The molecule has 4 aliphatic rings. The molecule has 4 rings (SSSR count). The topological polar surface area (TPSA) is 40.5 Å². The molecule has 0 aliphatic heterocycles. The molecule has 0 bridgehead atoms. The van der Waals surface area contributed by atoms with Crippen molar-refractivity contribution >= 4 is 0 Å². The fraction of sp³-hybridized carbons (Fsp3) is 1.00. The number of aliphatic hydroxyl groups is 2. The van der Waals surface area contributed by atoms with Gasteiger partial charge in [-0.1, -0.05) is 13.8 Å². The van der Waals surface area contributed by atoms with E-state index in [-0.39, 0.29) is 16.9 Å². The van der Waals surface area contributed by atoms with Gasteiger partial charge in [0.1, 0.15) is 6.17 Å². The Morgan fingerprint density at radius 3 is 2.42 bits per heavy atom. The fourth-order valence-electron chi connectivity index (χ4n) is 8.07. The third-order valence-corrected chi connectivity index (χ3v) is 9.30. The van der Waals surface area contributed by atoms with Gasteiger partial charge >= 0.3 is 0 Å². The van der Waals surface area contributed by atoms with Crippen LogP contribution in [-0.2, 0) is 0 Å². The van der Waals surface area contributed by atoms with Gasteiger partial charge in [-0.15, -0.1) is 0 Å². The summed E-state index contributed by atoms with van der Waals surface area (Å²) in [6.07, 6.45) is 6.45. The number of hydrogen-bond donors (Lipinski definition) is 2. The molecule has 0 aromatic rings. The largest absolute Gasteiger partial charge is 0.393 e. The Balaban J connectivity index is 1.61. The summed E-state index contributed by atoms with van der Waals surface area (Å²) in [5.74, 6) is 2.97. The zero-order valence-electron chi connectivity index (χ0n) is 15.5. The molecule has 0 spiro atoms. The third kappa shape index (κ3) is 2.26. The van der Waals surface area contributed by atoms with Crippen molar-refractivity contribution in [3.05, 3.63) is 0 Å². The highest BCUT2D eigenvalue weighted by Gasteiger charge is 2.61. The average Bonchev–Trinajstić information content (AvgIpc) is 2.86. The summed E-state index contributed by atoms with van der Waals surface area (Å²) in [6, 6.07) is 0. The number of halogens is 1. The SMILES string of the molecule is C[C@H](O)[C@H]1CC[C@H]2[C@@H]3CC[C@H]4C[C@H](O)[C@@H](F)C[C@]4(C)[C@H]3CC[C@]12C. The maximum atomic E-state index is 14.4. The highest BCUT2D eigenvalue weighted by Crippen LogP contribution is 2.67. The molecule has 4 fully saturated rings. The third-order valence-electron chi connectivity index (χ3n) is 9.30. The van der Waals surface area contributed by atoms with Gasteiger partial charge in [-0.25, -0.2) is 4.39 Å². The first-order valence-corrected chi connectivity index (χ1v) is 10.3. The van der Waals surface area contributed by atoms with Crippen LogP contribution in [0.2, 0.25) is 0 Å². The Hall–Kier alpha value is -0.150. The molecule has 0 saturated heterocycles. The molecule has 2 N–H and O–H groups in total. The van der Waals surface area contributed by atoms with Crippen LogP contribution < -0.4 is 0 Å². The summed E-state index contributed by atoms with van der Waals surface area (Å²) in [5, 5.41) is 20.3. The zero-order valence-corrected chi connectivity index (χ0v) is 15.5. The van der Waals surface area contributed by atoms with Crippen molar-refractivity contribution in [2.24, 2.45) is 40.4 Å². The molecule has 3 heteroatoms. The lowest BCUT2D eigenvalue weighted by molar-refractivity contribution is -0.149. The van der Waals surface area contributed by atoms with Crippen LogP contribution in [0.4, 0.5) is 4.39 Å². The zero-order chi connectivity index (χ0) is 17.3. The van der Waals surface area contributed by atoms with Gasteiger partial charge in [0.05, 0.1) is 12.2 Å². The van der Waals surface area contributed by atoms with E-state index in [4.69, 9.17) is 0 Å². The van der Waals surface area contributed by atoms with Crippen molar-refractivity contribution in [2.45, 2.75) is 90.5 Å². The first kappa shape index (κ1) is 17.3. The van der Waals surface area contributed by atoms with Gasteiger partial charge in [-0.05, 0) is 98.7 Å². The second-order valence-corrected chi connectivity index (χ2v) is 10.1. The molecule has 0 radical (unpaired) electrons. The van der Waals surface area contributed by atoms with E-state index in [9.17, 15) is 14.6 Å². The minimum atomic E-state index is -1.04. The van der Waals surface area contributed by atoms with Gasteiger partial charge in [0, 0.05) is 0 Å². The van der Waals surface area contributed by atoms with E-state index in [0.29, 0.717) is 42.4 Å². The van der Waals surface area contributed by atoms with E-state index >= 15 is 0 Å². The Morgan fingerprint density at radius 2 is 1.71 bits per heavy atom. The van der Waals surface area contributed by atoms with Crippen LogP contribution in [-0.4, -0.2) is 28.6 Å². The van der Waals surface area contributed by atoms with Gasteiger partial charge < -0.3 is 10.2 Å². The molecule has 0 aromatic carbocycles. The highest BCUT2D eigenvalue weighted by molar-refractivity contribution is 5.10. The number of hydrogen-bond acceptors (Lipinski definition) is 2. The smallest absolute Gasteiger partial charge is 0.126 e. The predicted octanol–water partition coefficient (Wildman–Crippen LogP) is 4.34. The van der Waals surface area contributed by atoms with Crippen molar-refractivity contribution < 1.29 is 14.6 Å². The van der Waals surface area contributed by atoms with Crippen LogP contribution in [0.25, 0.3) is 0 Å². The second-order valence-electron chi connectivity index (χ2n) is 10.1. The van der Waals surface area contributed by atoms with Crippen molar-refractivity contribution in [3.63, 3.8) is 0 Å². The quantitative estimate of drug-likeness (QED) is 0.747. The van der Waals surface area contributed by atoms with Gasteiger partial charge in [0.25, 0.3) is 0 Å². The molecule has 10 atom stereocenters. The summed E-state index contributed by atoms with van der Waals surface area (Å²) in [6.45, 7) is 6.73. The summed E-state index contributed by atoms with van der Waals surface area (Å²) in [7, 11) is 0. The normalized spacial score (nSPS) is 58.5. The van der Waals surface area contributed by atoms with Gasteiger partial charge in [-0.2, -0.15) is 0 Å². The van der Waals surface area contributed by atoms with Crippen molar-refractivity contribution in [2.75, 3.05) is 0 Å². The minimum absolute atomic E-state index is 0.0752. The van der Waals surface area contributed by atoms with Crippen LogP contribution in [0, 0.1) is 40.4 Å². The first-order chi connectivity index (χ1) is 11.3. The molecule has 4 saturated carbocycles. The summed E-state index contributed by atoms with van der Waals surface area (Å²) >= 11 is 0. The van der Waals surface area contributed by atoms with Crippen molar-refractivity contribution in [3.8, 4) is 0 Å². The molecular weight excluding hydrogens is 303 g/mol. The van der Waals surface area contributed by atoms with Crippen LogP contribution >= 0.6 is 0 Å². The summed E-state index contributed by atoms with van der Waals surface area (Å²) in [5.41, 5.74) is 0.355. The predicted molar refractivity (Wildman–Crippen MR) is 93.2 cm³/mol. The van der Waals surface area contributed by atoms with Crippen LogP contribution in [0.5, 0.6) is 0 Å². The van der Waals surface area contributed by atoms with Crippen molar-refractivity contribution in [1.29, 1.82) is 0 Å². The Kier molecular flexibility index (Phi) is 4.08. The molecule has 4 aliphatic carbocycles. The molecule has 24 heavy (non-hydrogen) atoms. The van der Waals surface area contributed by atoms with E-state index in [1.165, 1.54) is 25.7 Å². The second kappa shape index (κ2) is 5.67. The lowest BCUT2D eigenvalue weighted by Gasteiger charge is -2.61. The maximum Gasteiger partial charge on any atom is 0.126 e. The van der Waals surface area contributed by atoms with Crippen LogP contribution in [0.1, 0.15) is 72.1 Å². The number of alkyl halides is 1. The maximum absolute atomic E-state index is 14.4. The first-order valence-electron chi connectivity index (χ1n) is 10.3. The van der Waals surface area contributed by atoms with Gasteiger partial charge in [0.15, 0.2) is 0 Å². The summed E-state index contributed by atoms with van der Waals surface area (Å²) < 4.78 is 14.4. The monoisotopic (exact) mass is 338 g/mol. The van der Waals surface area contributed by atoms with Gasteiger partial charge in [-0.3, -0.25) is 0 Å². The Labute approximate surface area is 146 Å². The lowest BCUT2D eigenvalue weighted by atomic mass is 9.44. The van der Waals surface area contributed by atoms with E-state index < -0.39 is 12.3 Å². The molecular formula is C21H35FO2. The Morgan fingerprint density at radius 1 is 1.00 bits per heavy atom. The van der Waals surface area contributed by atoms with E-state index in [1.807, 2.05) is 6.92 Å². The van der Waals surface area contributed by atoms with Gasteiger partial charge in [0.2, 0.25) is 0 Å². The number of fused-ring (bicyclic) bond motifs is 5. The van der Waals surface area contributed by atoms with Crippen molar-refractivity contribution in [1.82, 2.24) is 0 Å². The molecule has 0 heterocycles. The van der Waals surface area contributed by atoms with E-state index in [1.54, 1.807) is 0 Å². The van der Waals surface area contributed by atoms with Crippen LogP contribution in [0.15, 0.2) is 0 Å². The lowest BCUT2D eigenvalue weighted by Crippen LogP contribution is -2.56. The summed E-state index contributed by atoms with van der Waals surface area (Å²) in [4.78, 5) is 0. The molecule has 0 amide bonds. The number of aliphatic hydroxyl groups excluding tert-OH is 2. The molecule has 0 aromatic heterocycles. The Bertz CT molecular complexity index is 494. The number of rotatable bonds is 1. The average molecular weight is 339 g/mol. The molecule has 0 unspecified atom stereocenters. The standard InChI is InChI=1S/C21H35FO2/c1-12(23)15-6-7-16-14-5-4-13-10-19(24)18(22)11-21(13,3)17(14)8-9-20(15,16)2/h12-19,23-24H,4-11H2,1-3H3/t12-,13-,14-,15+,16-,17-,18-,19-,20+,21-/m0/s1.